The Labute approximate surface area is 68.4 Å². The standard InChI is InChI=1S/C8H8N2O2/c1-5-4-9-10-7(11)3-6(2)12-8(5)10/h3-4H,1-2H3. The topological polar surface area (TPSA) is 47.5 Å². The Kier molecular flexibility index (Phi) is 1.30. The molecule has 4 heteroatoms. The van der Waals surface area contributed by atoms with Gasteiger partial charge < -0.3 is 4.42 Å². The Balaban J connectivity index is 3.03. The summed E-state index contributed by atoms with van der Waals surface area (Å²) in [6, 6.07) is 1.42. The van der Waals surface area contributed by atoms with Crippen LogP contribution in [0.15, 0.2) is 21.5 Å². The van der Waals surface area contributed by atoms with Crippen LogP contribution in [0.25, 0.3) is 5.71 Å². The highest BCUT2D eigenvalue weighted by Crippen LogP contribution is 2.07. The third kappa shape index (κ3) is 0.845. The number of hydrogen-bond acceptors (Lipinski definition) is 3. The van der Waals surface area contributed by atoms with Crippen molar-refractivity contribution in [3.8, 4) is 0 Å². The van der Waals surface area contributed by atoms with E-state index in [1.54, 1.807) is 13.1 Å². The van der Waals surface area contributed by atoms with E-state index in [2.05, 4.69) is 5.10 Å². The molecule has 0 amide bonds. The monoisotopic (exact) mass is 164 g/mol. The molecule has 2 aromatic heterocycles. The zero-order valence-corrected chi connectivity index (χ0v) is 6.87. The van der Waals surface area contributed by atoms with Crippen LogP contribution in [0.3, 0.4) is 0 Å². The maximum Gasteiger partial charge on any atom is 0.277 e. The SMILES string of the molecule is Cc1cc(=O)n2ncc(C)c2o1. The lowest BCUT2D eigenvalue weighted by molar-refractivity contribution is 0.528. The van der Waals surface area contributed by atoms with Crippen LogP contribution in [0, 0.1) is 13.8 Å². The number of aryl methyl sites for hydroxylation is 2. The highest BCUT2D eigenvalue weighted by Gasteiger charge is 2.04. The summed E-state index contributed by atoms with van der Waals surface area (Å²) < 4.78 is 6.57. The van der Waals surface area contributed by atoms with Crippen molar-refractivity contribution in [2.75, 3.05) is 0 Å². The normalized spacial score (nSPS) is 10.8. The van der Waals surface area contributed by atoms with E-state index >= 15 is 0 Å². The average molecular weight is 164 g/mol. The van der Waals surface area contributed by atoms with Gasteiger partial charge in [-0.25, -0.2) is 0 Å². The molecular formula is C8H8N2O2. The van der Waals surface area contributed by atoms with Crippen molar-refractivity contribution in [1.29, 1.82) is 0 Å². The number of aromatic nitrogens is 2. The van der Waals surface area contributed by atoms with Crippen molar-refractivity contribution < 1.29 is 4.42 Å². The maximum absolute atomic E-state index is 11.3. The van der Waals surface area contributed by atoms with E-state index in [4.69, 9.17) is 4.42 Å². The van der Waals surface area contributed by atoms with Gasteiger partial charge in [0.05, 0.1) is 6.20 Å². The van der Waals surface area contributed by atoms with E-state index in [-0.39, 0.29) is 5.56 Å². The van der Waals surface area contributed by atoms with Gasteiger partial charge in [-0.05, 0) is 13.8 Å². The predicted molar refractivity (Wildman–Crippen MR) is 43.2 cm³/mol. The average Bonchev–Trinajstić information content (AvgIpc) is 2.33. The van der Waals surface area contributed by atoms with Crippen LogP contribution in [0.1, 0.15) is 11.3 Å². The minimum Gasteiger partial charge on any atom is -0.443 e. The van der Waals surface area contributed by atoms with Crippen LogP contribution in [0.4, 0.5) is 0 Å². The summed E-state index contributed by atoms with van der Waals surface area (Å²) in [5.41, 5.74) is 1.25. The second-order valence-corrected chi connectivity index (χ2v) is 2.74. The number of fused-ring (bicyclic) bond motifs is 1. The Morgan fingerprint density at radius 3 is 3.00 bits per heavy atom. The molecule has 62 valence electrons. The lowest BCUT2D eigenvalue weighted by Gasteiger charge is -1.93. The van der Waals surface area contributed by atoms with Crippen LogP contribution in [-0.2, 0) is 0 Å². The molecule has 0 aliphatic carbocycles. The Bertz CT molecular complexity index is 481. The molecule has 0 spiro atoms. The smallest absolute Gasteiger partial charge is 0.277 e. The zero-order chi connectivity index (χ0) is 8.72. The molecule has 0 N–H and O–H groups in total. The molecule has 4 nitrogen and oxygen atoms in total. The molecule has 0 saturated heterocycles. The van der Waals surface area contributed by atoms with Gasteiger partial charge >= 0.3 is 0 Å². The zero-order valence-electron chi connectivity index (χ0n) is 6.87. The molecule has 2 heterocycles. The molecule has 0 fully saturated rings. The van der Waals surface area contributed by atoms with Crippen LogP contribution >= 0.6 is 0 Å². The molecule has 0 bridgehead atoms. The molecule has 0 aromatic carbocycles. The predicted octanol–water partition coefficient (Wildman–Crippen LogP) is 0.904. The molecule has 2 aromatic rings. The lowest BCUT2D eigenvalue weighted by atomic mass is 10.4. The van der Waals surface area contributed by atoms with Gasteiger partial charge in [0.25, 0.3) is 5.56 Å². The van der Waals surface area contributed by atoms with Gasteiger partial charge in [-0.2, -0.15) is 9.61 Å². The highest BCUT2D eigenvalue weighted by atomic mass is 16.3. The first-order chi connectivity index (χ1) is 5.68. The summed E-state index contributed by atoms with van der Waals surface area (Å²) in [5, 5.41) is 3.87. The Morgan fingerprint density at radius 1 is 1.50 bits per heavy atom. The summed E-state index contributed by atoms with van der Waals surface area (Å²) in [7, 11) is 0. The largest absolute Gasteiger partial charge is 0.443 e. The summed E-state index contributed by atoms with van der Waals surface area (Å²) >= 11 is 0. The van der Waals surface area contributed by atoms with Gasteiger partial charge in [0.1, 0.15) is 5.76 Å². The van der Waals surface area contributed by atoms with E-state index in [1.807, 2.05) is 6.92 Å². The third-order valence-corrected chi connectivity index (χ3v) is 1.69. The molecule has 0 unspecified atom stereocenters. The summed E-state index contributed by atoms with van der Waals surface area (Å²) in [5.74, 6) is 0.608. The molecule has 12 heavy (non-hydrogen) atoms. The van der Waals surface area contributed by atoms with Gasteiger partial charge in [0.15, 0.2) is 0 Å². The fraction of sp³-hybridized carbons (Fsp3) is 0.250. The maximum atomic E-state index is 11.3. The molecular weight excluding hydrogens is 156 g/mol. The van der Waals surface area contributed by atoms with Gasteiger partial charge in [0, 0.05) is 11.6 Å². The summed E-state index contributed by atoms with van der Waals surface area (Å²) in [6.45, 7) is 3.60. The molecule has 0 aliphatic rings. The lowest BCUT2D eigenvalue weighted by Crippen LogP contribution is -2.12. The van der Waals surface area contributed by atoms with Crippen LogP contribution in [0.2, 0.25) is 0 Å². The molecule has 2 rings (SSSR count). The van der Waals surface area contributed by atoms with E-state index < -0.39 is 0 Å². The Morgan fingerprint density at radius 2 is 2.25 bits per heavy atom. The molecule has 0 saturated carbocycles. The highest BCUT2D eigenvalue weighted by molar-refractivity contribution is 5.41. The van der Waals surface area contributed by atoms with E-state index in [0.29, 0.717) is 11.5 Å². The van der Waals surface area contributed by atoms with Gasteiger partial charge in [0.2, 0.25) is 5.71 Å². The molecule has 0 atom stereocenters. The summed E-state index contributed by atoms with van der Waals surface area (Å²) in [6.07, 6.45) is 1.61. The quantitative estimate of drug-likeness (QED) is 0.581. The fourth-order valence-electron chi connectivity index (χ4n) is 1.12. The second-order valence-electron chi connectivity index (χ2n) is 2.74. The third-order valence-electron chi connectivity index (χ3n) is 1.69. The van der Waals surface area contributed by atoms with Gasteiger partial charge in [-0.3, -0.25) is 4.79 Å². The van der Waals surface area contributed by atoms with E-state index in [1.165, 1.54) is 10.6 Å². The van der Waals surface area contributed by atoms with Crippen LogP contribution < -0.4 is 5.56 Å². The van der Waals surface area contributed by atoms with Crippen LogP contribution in [0.5, 0.6) is 0 Å². The first kappa shape index (κ1) is 7.09. The van der Waals surface area contributed by atoms with Crippen molar-refractivity contribution in [2.45, 2.75) is 13.8 Å². The van der Waals surface area contributed by atoms with Crippen molar-refractivity contribution in [3.05, 3.63) is 33.9 Å². The van der Waals surface area contributed by atoms with Gasteiger partial charge in [-0.15, -0.1) is 0 Å². The Hall–Kier alpha value is -1.58. The number of hydrogen-bond donors (Lipinski definition) is 0. The second kappa shape index (κ2) is 2.20. The van der Waals surface area contributed by atoms with E-state index in [9.17, 15) is 4.79 Å². The van der Waals surface area contributed by atoms with Gasteiger partial charge in [-0.1, -0.05) is 0 Å². The van der Waals surface area contributed by atoms with Crippen molar-refractivity contribution in [1.82, 2.24) is 9.61 Å². The summed E-state index contributed by atoms with van der Waals surface area (Å²) in [4.78, 5) is 11.3. The van der Waals surface area contributed by atoms with Crippen LogP contribution in [-0.4, -0.2) is 9.61 Å². The fourth-order valence-corrected chi connectivity index (χ4v) is 1.12. The first-order valence-corrected chi connectivity index (χ1v) is 3.63. The number of nitrogens with zero attached hydrogens (tertiary/aromatic N) is 2. The minimum absolute atomic E-state index is 0.151. The minimum atomic E-state index is -0.151. The molecule has 0 aliphatic heterocycles. The number of rotatable bonds is 0. The van der Waals surface area contributed by atoms with Crippen molar-refractivity contribution in [2.24, 2.45) is 0 Å². The van der Waals surface area contributed by atoms with E-state index in [0.717, 1.165) is 5.56 Å². The molecule has 0 radical (unpaired) electrons. The first-order valence-electron chi connectivity index (χ1n) is 3.63. The van der Waals surface area contributed by atoms with Crippen molar-refractivity contribution in [3.63, 3.8) is 0 Å². The van der Waals surface area contributed by atoms with Crippen molar-refractivity contribution >= 4 is 5.71 Å².